The van der Waals surface area contributed by atoms with Crippen LogP contribution in [0.3, 0.4) is 0 Å². The predicted molar refractivity (Wildman–Crippen MR) is 136 cm³/mol. The number of anilines is 1. The molecule has 8 nitrogen and oxygen atoms in total. The van der Waals surface area contributed by atoms with Gasteiger partial charge in [-0.25, -0.2) is 9.59 Å². The molecule has 0 fully saturated rings. The van der Waals surface area contributed by atoms with Crippen LogP contribution in [-0.2, 0) is 11.2 Å². The molecule has 9 heteroatoms. The second kappa shape index (κ2) is 11.2. The van der Waals surface area contributed by atoms with Crippen LogP contribution in [0.4, 0.5) is 10.5 Å². The lowest BCUT2D eigenvalue weighted by molar-refractivity contribution is 0.0600. The van der Waals surface area contributed by atoms with E-state index in [1.807, 2.05) is 12.1 Å². The molecule has 0 aliphatic carbocycles. The minimum atomic E-state index is -0.422. The summed E-state index contributed by atoms with van der Waals surface area (Å²) in [4.78, 5) is 26.8. The number of amides is 2. The lowest BCUT2D eigenvalue weighted by Gasteiger charge is -2.37. The number of methoxy groups -OCH3 is 3. The summed E-state index contributed by atoms with van der Waals surface area (Å²) in [5, 5.41) is 3.53. The third kappa shape index (κ3) is 5.49. The zero-order valence-corrected chi connectivity index (χ0v) is 21.0. The van der Waals surface area contributed by atoms with E-state index in [9.17, 15) is 9.59 Å². The van der Waals surface area contributed by atoms with Gasteiger partial charge in [-0.1, -0.05) is 11.6 Å². The molecule has 1 N–H and O–H groups in total. The van der Waals surface area contributed by atoms with Crippen molar-refractivity contribution in [2.24, 2.45) is 0 Å². The van der Waals surface area contributed by atoms with Crippen molar-refractivity contribution in [1.29, 1.82) is 0 Å². The third-order valence-corrected chi connectivity index (χ3v) is 6.29. The van der Waals surface area contributed by atoms with Crippen LogP contribution in [0.15, 0.2) is 60.7 Å². The number of fused-ring (bicyclic) bond motifs is 1. The van der Waals surface area contributed by atoms with Gasteiger partial charge in [-0.2, -0.15) is 0 Å². The molecule has 0 aromatic heterocycles. The summed E-state index contributed by atoms with van der Waals surface area (Å²) in [6, 6.07) is 16.8. The molecule has 188 valence electrons. The van der Waals surface area contributed by atoms with E-state index in [0.717, 1.165) is 11.1 Å². The van der Waals surface area contributed by atoms with Crippen molar-refractivity contribution in [1.82, 2.24) is 4.90 Å². The summed E-state index contributed by atoms with van der Waals surface area (Å²) < 4.78 is 21.8. The number of rotatable bonds is 7. The molecular weight excluding hydrogens is 484 g/mol. The number of carbonyl (C=O) groups is 2. The van der Waals surface area contributed by atoms with E-state index in [4.69, 9.17) is 30.5 Å². The van der Waals surface area contributed by atoms with E-state index in [0.29, 0.717) is 46.5 Å². The Kier molecular flexibility index (Phi) is 7.85. The number of hydrogen-bond acceptors (Lipinski definition) is 6. The van der Waals surface area contributed by atoms with Crippen molar-refractivity contribution in [3.8, 4) is 17.2 Å². The van der Waals surface area contributed by atoms with Crippen LogP contribution < -0.4 is 19.5 Å². The SMILES string of the molecule is COC(=O)c1ccc(OCC2c3cc(OC)c(OC)cc3CCN2C(=O)Nc2ccc(Cl)cc2)cc1. The highest BCUT2D eigenvalue weighted by molar-refractivity contribution is 6.30. The third-order valence-electron chi connectivity index (χ3n) is 6.04. The van der Waals surface area contributed by atoms with Crippen LogP contribution in [0.25, 0.3) is 0 Å². The van der Waals surface area contributed by atoms with Crippen LogP contribution in [0.1, 0.15) is 27.5 Å². The average Bonchev–Trinajstić information content (AvgIpc) is 2.91. The minimum Gasteiger partial charge on any atom is -0.493 e. The summed E-state index contributed by atoms with van der Waals surface area (Å²) in [5.74, 6) is 1.35. The molecule has 0 saturated heterocycles. The Morgan fingerprint density at radius 1 is 0.972 bits per heavy atom. The van der Waals surface area contributed by atoms with E-state index in [2.05, 4.69) is 5.32 Å². The van der Waals surface area contributed by atoms with Crippen LogP contribution in [0, 0.1) is 0 Å². The quantitative estimate of drug-likeness (QED) is 0.431. The molecule has 1 atom stereocenters. The number of halogens is 1. The van der Waals surface area contributed by atoms with Gasteiger partial charge >= 0.3 is 12.0 Å². The topological polar surface area (TPSA) is 86.3 Å². The van der Waals surface area contributed by atoms with Gasteiger partial charge in [0.25, 0.3) is 0 Å². The van der Waals surface area contributed by atoms with Crippen LogP contribution in [0.5, 0.6) is 17.2 Å². The van der Waals surface area contributed by atoms with Crippen LogP contribution in [-0.4, -0.2) is 51.4 Å². The summed E-state index contributed by atoms with van der Waals surface area (Å²) in [5.41, 5.74) is 3.03. The largest absolute Gasteiger partial charge is 0.493 e. The molecule has 1 heterocycles. The van der Waals surface area contributed by atoms with E-state index in [1.54, 1.807) is 67.7 Å². The predicted octanol–water partition coefficient (Wildman–Crippen LogP) is 5.35. The zero-order valence-electron chi connectivity index (χ0n) is 20.2. The second-order valence-corrected chi connectivity index (χ2v) is 8.57. The molecule has 2 amide bonds. The van der Waals surface area contributed by atoms with Crippen molar-refractivity contribution in [3.63, 3.8) is 0 Å². The van der Waals surface area contributed by atoms with Gasteiger partial charge in [0.05, 0.1) is 32.9 Å². The van der Waals surface area contributed by atoms with Crippen LogP contribution in [0.2, 0.25) is 5.02 Å². The van der Waals surface area contributed by atoms with E-state index in [1.165, 1.54) is 7.11 Å². The van der Waals surface area contributed by atoms with E-state index >= 15 is 0 Å². The van der Waals surface area contributed by atoms with Crippen molar-refractivity contribution >= 4 is 29.3 Å². The summed E-state index contributed by atoms with van der Waals surface area (Å²) in [6.45, 7) is 0.672. The highest BCUT2D eigenvalue weighted by atomic mass is 35.5. The lowest BCUT2D eigenvalue weighted by atomic mass is 9.92. The summed E-state index contributed by atoms with van der Waals surface area (Å²) in [6.07, 6.45) is 0.647. The maximum Gasteiger partial charge on any atom is 0.337 e. The maximum absolute atomic E-state index is 13.3. The number of urea groups is 1. The van der Waals surface area contributed by atoms with Crippen molar-refractivity contribution in [2.75, 3.05) is 39.8 Å². The van der Waals surface area contributed by atoms with Gasteiger partial charge in [-0.05, 0) is 78.2 Å². The van der Waals surface area contributed by atoms with E-state index in [-0.39, 0.29) is 12.6 Å². The Bertz CT molecular complexity index is 1230. The molecule has 1 aliphatic heterocycles. The molecule has 3 aromatic carbocycles. The monoisotopic (exact) mass is 510 g/mol. The molecule has 0 radical (unpaired) electrons. The normalized spacial score (nSPS) is 14.4. The summed E-state index contributed by atoms with van der Waals surface area (Å²) >= 11 is 5.98. The summed E-state index contributed by atoms with van der Waals surface area (Å²) in [7, 11) is 4.50. The number of nitrogens with zero attached hydrogens (tertiary/aromatic N) is 1. The Morgan fingerprint density at radius 2 is 1.64 bits per heavy atom. The number of carbonyl (C=O) groups excluding carboxylic acids is 2. The Hall–Kier alpha value is -3.91. The maximum atomic E-state index is 13.3. The molecule has 0 bridgehead atoms. The van der Waals surface area contributed by atoms with Crippen LogP contribution >= 0.6 is 11.6 Å². The molecule has 0 spiro atoms. The van der Waals surface area contributed by atoms with Gasteiger partial charge in [0.15, 0.2) is 11.5 Å². The first-order valence-corrected chi connectivity index (χ1v) is 11.7. The highest BCUT2D eigenvalue weighted by Crippen LogP contribution is 2.38. The van der Waals surface area contributed by atoms with Crippen molar-refractivity contribution in [2.45, 2.75) is 12.5 Å². The highest BCUT2D eigenvalue weighted by Gasteiger charge is 2.33. The molecule has 3 aromatic rings. The fraction of sp³-hybridized carbons (Fsp3) is 0.259. The lowest BCUT2D eigenvalue weighted by Crippen LogP contribution is -2.44. The first kappa shape index (κ1) is 25.2. The first-order chi connectivity index (χ1) is 17.4. The molecule has 36 heavy (non-hydrogen) atoms. The van der Waals surface area contributed by atoms with Gasteiger partial charge in [0, 0.05) is 17.3 Å². The molecule has 4 rings (SSSR count). The second-order valence-electron chi connectivity index (χ2n) is 8.13. The van der Waals surface area contributed by atoms with Gasteiger partial charge in [-0.3, -0.25) is 0 Å². The van der Waals surface area contributed by atoms with E-state index < -0.39 is 12.0 Å². The van der Waals surface area contributed by atoms with Gasteiger partial charge in [0.1, 0.15) is 12.4 Å². The number of benzene rings is 3. The number of esters is 1. The molecule has 0 saturated carbocycles. The molecule has 1 unspecified atom stereocenters. The Morgan fingerprint density at radius 3 is 2.28 bits per heavy atom. The minimum absolute atomic E-state index is 0.189. The first-order valence-electron chi connectivity index (χ1n) is 11.3. The zero-order chi connectivity index (χ0) is 25.7. The smallest absolute Gasteiger partial charge is 0.337 e. The molecule has 1 aliphatic rings. The van der Waals surface area contributed by atoms with Gasteiger partial charge < -0.3 is 29.2 Å². The number of ether oxygens (including phenoxy) is 4. The standard InChI is InChI=1S/C27H27ClN2O6/c1-33-24-14-18-12-13-30(27(32)29-20-8-6-19(28)7-9-20)23(22(18)15-25(24)34-2)16-36-21-10-4-17(5-11-21)26(31)35-3/h4-11,14-15,23H,12-13,16H2,1-3H3,(H,29,32). The average molecular weight is 511 g/mol. The van der Waals surface area contributed by atoms with Gasteiger partial charge in [0.2, 0.25) is 0 Å². The number of nitrogens with one attached hydrogen (secondary N) is 1. The number of hydrogen-bond donors (Lipinski definition) is 1. The fourth-order valence-corrected chi connectivity index (χ4v) is 4.29. The Labute approximate surface area is 214 Å². The fourth-order valence-electron chi connectivity index (χ4n) is 4.16. The van der Waals surface area contributed by atoms with Crippen molar-refractivity contribution in [3.05, 3.63) is 82.4 Å². The molecular formula is C27H27ClN2O6. The van der Waals surface area contributed by atoms with Crippen molar-refractivity contribution < 1.29 is 28.5 Å². The Balaban J connectivity index is 1.61. The van der Waals surface area contributed by atoms with Gasteiger partial charge in [-0.15, -0.1) is 0 Å².